The molecule has 170 valence electrons. The fourth-order valence-electron chi connectivity index (χ4n) is 4.44. The van der Waals surface area contributed by atoms with Gasteiger partial charge in [-0.1, -0.05) is 23.8 Å². The Balaban J connectivity index is 1.39. The molecule has 0 bridgehead atoms. The van der Waals surface area contributed by atoms with E-state index in [0.717, 1.165) is 44.6 Å². The van der Waals surface area contributed by atoms with E-state index >= 15 is 0 Å². The normalized spacial score (nSPS) is 17.0. The summed E-state index contributed by atoms with van der Waals surface area (Å²) in [5, 5.41) is 2.71. The van der Waals surface area contributed by atoms with Crippen molar-refractivity contribution >= 4 is 11.5 Å². The third-order valence-electron chi connectivity index (χ3n) is 6.36. The van der Waals surface area contributed by atoms with Gasteiger partial charge in [-0.05, 0) is 66.3 Å². The van der Waals surface area contributed by atoms with Gasteiger partial charge in [0.05, 0.1) is 11.5 Å². The molecule has 1 heterocycles. The van der Waals surface area contributed by atoms with Gasteiger partial charge in [-0.25, -0.2) is 0 Å². The number of benzene rings is 2. The van der Waals surface area contributed by atoms with Crippen molar-refractivity contribution in [3.05, 3.63) is 70.3 Å². The van der Waals surface area contributed by atoms with Gasteiger partial charge in [0.2, 0.25) is 5.91 Å². The fourth-order valence-corrected chi connectivity index (χ4v) is 4.44. The van der Waals surface area contributed by atoms with Crippen LogP contribution in [0, 0.1) is 5.92 Å². The molecule has 0 spiro atoms. The number of allylic oxidation sites excluding steroid dienone is 1. The molecule has 2 aromatic carbocycles. The average molecular weight is 444 g/mol. The Bertz CT molecular complexity index is 1040. The molecule has 0 saturated carbocycles. The van der Waals surface area contributed by atoms with Crippen LogP contribution in [0.1, 0.15) is 35.6 Å². The lowest BCUT2D eigenvalue weighted by Crippen LogP contribution is -2.53. The van der Waals surface area contributed by atoms with Crippen LogP contribution < -0.4 is 10.1 Å². The molecule has 1 amide bonds. The second kappa shape index (κ2) is 8.98. The van der Waals surface area contributed by atoms with E-state index in [9.17, 15) is 18.0 Å². The van der Waals surface area contributed by atoms with E-state index in [2.05, 4.69) is 17.1 Å². The van der Waals surface area contributed by atoms with Gasteiger partial charge in [-0.2, -0.15) is 13.2 Å². The molecule has 4 rings (SSSR count). The Labute approximate surface area is 186 Å². The zero-order valence-corrected chi connectivity index (χ0v) is 18.3. The summed E-state index contributed by atoms with van der Waals surface area (Å²) in [6, 6.07) is 11.1. The minimum Gasteiger partial charge on any atom is -0.489 e. The number of ether oxygens (including phenoxy) is 1. The minimum absolute atomic E-state index is 0.0875. The number of likely N-dealkylation sites (tertiary alicyclic amines) is 1. The van der Waals surface area contributed by atoms with Crippen LogP contribution in [0.25, 0.3) is 5.57 Å². The van der Waals surface area contributed by atoms with Crippen molar-refractivity contribution < 1.29 is 22.7 Å². The van der Waals surface area contributed by atoms with Gasteiger partial charge in [-0.3, -0.25) is 9.69 Å². The van der Waals surface area contributed by atoms with Crippen LogP contribution in [0.3, 0.4) is 0 Å². The van der Waals surface area contributed by atoms with Crippen molar-refractivity contribution in [2.45, 2.75) is 32.5 Å². The number of halogens is 3. The predicted octanol–water partition coefficient (Wildman–Crippen LogP) is 4.68. The van der Waals surface area contributed by atoms with Crippen LogP contribution in [-0.2, 0) is 24.0 Å². The fraction of sp³-hybridized carbons (Fsp3) is 0.400. The topological polar surface area (TPSA) is 41.6 Å². The van der Waals surface area contributed by atoms with Crippen molar-refractivity contribution in [3.63, 3.8) is 0 Å². The Morgan fingerprint density at radius 1 is 1.16 bits per heavy atom. The number of carbonyl (C=O) groups is 1. The molecule has 4 nitrogen and oxygen atoms in total. The van der Waals surface area contributed by atoms with Crippen molar-refractivity contribution in [3.8, 4) is 5.75 Å². The number of carbonyl (C=O) groups excluding carboxylic acids is 1. The van der Waals surface area contributed by atoms with Crippen molar-refractivity contribution in [1.82, 2.24) is 10.2 Å². The molecule has 1 N–H and O–H groups in total. The highest BCUT2D eigenvalue weighted by molar-refractivity contribution is 5.79. The lowest BCUT2D eigenvalue weighted by Gasteiger charge is -2.39. The molecule has 2 aliphatic rings. The summed E-state index contributed by atoms with van der Waals surface area (Å²) in [4.78, 5) is 14.0. The number of hydrogen-bond acceptors (Lipinski definition) is 3. The summed E-state index contributed by atoms with van der Waals surface area (Å²) < 4.78 is 44.5. The van der Waals surface area contributed by atoms with Gasteiger partial charge in [0.1, 0.15) is 12.4 Å². The maximum absolute atomic E-state index is 12.9. The van der Waals surface area contributed by atoms with Crippen molar-refractivity contribution in [1.29, 1.82) is 0 Å². The highest BCUT2D eigenvalue weighted by atomic mass is 19.4. The maximum atomic E-state index is 12.9. The van der Waals surface area contributed by atoms with E-state index in [1.54, 1.807) is 13.1 Å². The quantitative estimate of drug-likeness (QED) is 0.703. The standard InChI is InChI=1S/C25H27F3N2O2/c1-16-19(12-30-13-20(14-30)24(31)29-2)7-6-18-11-22(8-9-23(16)18)32-15-17-4-3-5-21(10-17)25(26,27)28/h3-5,8-11,20H,6-7,12-15H2,1-2H3,(H,29,31). The van der Waals surface area contributed by atoms with E-state index in [4.69, 9.17) is 4.74 Å². The van der Waals surface area contributed by atoms with Gasteiger partial charge >= 0.3 is 6.18 Å². The zero-order chi connectivity index (χ0) is 22.9. The smallest absolute Gasteiger partial charge is 0.416 e. The third-order valence-corrected chi connectivity index (χ3v) is 6.36. The molecule has 32 heavy (non-hydrogen) atoms. The first kappa shape index (κ1) is 22.4. The second-order valence-corrected chi connectivity index (χ2v) is 8.54. The number of alkyl halides is 3. The lowest BCUT2D eigenvalue weighted by molar-refractivity contribution is -0.137. The molecule has 1 fully saturated rings. The Kier molecular flexibility index (Phi) is 6.29. The van der Waals surface area contributed by atoms with Crippen LogP contribution in [0.4, 0.5) is 13.2 Å². The van der Waals surface area contributed by atoms with Gasteiger partial charge in [-0.15, -0.1) is 0 Å². The Morgan fingerprint density at radius 2 is 1.94 bits per heavy atom. The minimum atomic E-state index is -4.36. The zero-order valence-electron chi connectivity index (χ0n) is 18.3. The average Bonchev–Trinajstić information content (AvgIpc) is 2.75. The largest absolute Gasteiger partial charge is 0.489 e. The number of nitrogens with one attached hydrogen (secondary N) is 1. The predicted molar refractivity (Wildman–Crippen MR) is 117 cm³/mol. The second-order valence-electron chi connectivity index (χ2n) is 8.54. The monoisotopic (exact) mass is 444 g/mol. The molecule has 0 radical (unpaired) electrons. The molecule has 0 atom stereocenters. The first-order chi connectivity index (χ1) is 15.2. The number of amides is 1. The van der Waals surface area contributed by atoms with E-state index in [1.165, 1.54) is 28.3 Å². The van der Waals surface area contributed by atoms with Crippen LogP contribution >= 0.6 is 0 Å². The first-order valence-electron chi connectivity index (χ1n) is 10.8. The molecule has 7 heteroatoms. The summed E-state index contributed by atoms with van der Waals surface area (Å²) in [6.07, 6.45) is -2.50. The van der Waals surface area contributed by atoms with Crippen LogP contribution in [0.2, 0.25) is 0 Å². The Morgan fingerprint density at radius 3 is 2.66 bits per heavy atom. The van der Waals surface area contributed by atoms with E-state index < -0.39 is 11.7 Å². The summed E-state index contributed by atoms with van der Waals surface area (Å²) in [5.74, 6) is 0.862. The molecule has 1 saturated heterocycles. The van der Waals surface area contributed by atoms with Gasteiger partial charge in [0.15, 0.2) is 0 Å². The third kappa shape index (κ3) is 4.83. The Hall–Kier alpha value is -2.80. The molecule has 0 aromatic heterocycles. The van der Waals surface area contributed by atoms with Crippen LogP contribution in [-0.4, -0.2) is 37.5 Å². The molecular formula is C25H27F3N2O2. The SMILES string of the molecule is CNC(=O)C1CN(CC2=C(C)c3ccc(OCc4cccc(C(F)(F)F)c4)cc3CC2)C1. The molecule has 1 aliphatic heterocycles. The molecule has 1 aliphatic carbocycles. The number of hydrogen-bond donors (Lipinski definition) is 1. The first-order valence-corrected chi connectivity index (χ1v) is 10.8. The number of fused-ring (bicyclic) bond motifs is 1. The summed E-state index contributed by atoms with van der Waals surface area (Å²) in [5.41, 5.74) is 4.87. The van der Waals surface area contributed by atoms with Gasteiger partial charge in [0.25, 0.3) is 0 Å². The van der Waals surface area contributed by atoms with Crippen molar-refractivity contribution in [2.75, 3.05) is 26.7 Å². The van der Waals surface area contributed by atoms with Crippen LogP contribution in [0.5, 0.6) is 5.75 Å². The maximum Gasteiger partial charge on any atom is 0.416 e. The van der Waals surface area contributed by atoms with E-state index in [1.807, 2.05) is 18.2 Å². The lowest BCUT2D eigenvalue weighted by atomic mass is 9.85. The number of rotatable bonds is 6. The van der Waals surface area contributed by atoms with Gasteiger partial charge in [0, 0.05) is 26.7 Å². The highest BCUT2D eigenvalue weighted by Crippen LogP contribution is 2.35. The van der Waals surface area contributed by atoms with Crippen LogP contribution in [0.15, 0.2) is 48.0 Å². The number of nitrogens with zero attached hydrogens (tertiary/aromatic N) is 1. The summed E-state index contributed by atoms with van der Waals surface area (Å²) in [7, 11) is 1.67. The van der Waals surface area contributed by atoms with Gasteiger partial charge < -0.3 is 10.1 Å². The van der Waals surface area contributed by atoms with E-state index in [-0.39, 0.29) is 18.4 Å². The number of aryl methyl sites for hydroxylation is 1. The summed E-state index contributed by atoms with van der Waals surface area (Å²) >= 11 is 0. The molecule has 2 aromatic rings. The van der Waals surface area contributed by atoms with Crippen molar-refractivity contribution in [2.24, 2.45) is 5.92 Å². The molecular weight excluding hydrogens is 417 g/mol. The highest BCUT2D eigenvalue weighted by Gasteiger charge is 2.33. The molecule has 0 unspecified atom stereocenters. The summed E-state index contributed by atoms with van der Waals surface area (Å²) in [6.45, 7) is 4.70. The van der Waals surface area contributed by atoms with E-state index in [0.29, 0.717) is 11.3 Å².